The summed E-state index contributed by atoms with van der Waals surface area (Å²) in [6, 6.07) is 10.5. The average Bonchev–Trinajstić information content (AvgIpc) is 3.09. The van der Waals surface area contributed by atoms with Gasteiger partial charge in [0.2, 0.25) is 5.91 Å². The number of rotatable bonds is 2. The molecule has 24 heavy (non-hydrogen) atoms. The molecule has 0 N–H and O–H groups in total. The standard InChI is InChI=1S/C20H25NO3/c22-19(18-7-4-10-20(15-18)23-13-14-24-20)21-11-8-17(9-12-21)16-5-2-1-3-6-16/h1-3,5-6,8,18H,4,7,9-15H2. The van der Waals surface area contributed by atoms with Gasteiger partial charge >= 0.3 is 0 Å². The third-order valence-corrected chi connectivity index (χ3v) is 5.50. The zero-order valence-corrected chi connectivity index (χ0v) is 14.1. The molecule has 4 nitrogen and oxygen atoms in total. The maximum Gasteiger partial charge on any atom is 0.226 e. The van der Waals surface area contributed by atoms with Crippen molar-refractivity contribution >= 4 is 11.5 Å². The predicted octanol–water partition coefficient (Wildman–Crippen LogP) is 3.24. The van der Waals surface area contributed by atoms with Gasteiger partial charge in [-0.15, -0.1) is 0 Å². The van der Waals surface area contributed by atoms with E-state index < -0.39 is 5.79 Å². The monoisotopic (exact) mass is 327 g/mol. The van der Waals surface area contributed by atoms with E-state index in [-0.39, 0.29) is 11.8 Å². The topological polar surface area (TPSA) is 38.8 Å². The summed E-state index contributed by atoms with van der Waals surface area (Å²) in [5, 5.41) is 0. The van der Waals surface area contributed by atoms with Crippen LogP contribution in [0.1, 0.15) is 37.7 Å². The highest BCUT2D eigenvalue weighted by Crippen LogP contribution is 2.39. The first-order valence-electron chi connectivity index (χ1n) is 9.07. The Morgan fingerprint density at radius 2 is 1.96 bits per heavy atom. The van der Waals surface area contributed by atoms with Crippen LogP contribution in [-0.4, -0.2) is 42.9 Å². The Morgan fingerprint density at radius 1 is 1.17 bits per heavy atom. The molecular formula is C20H25NO3. The third kappa shape index (κ3) is 3.13. The van der Waals surface area contributed by atoms with Gasteiger partial charge in [0.05, 0.1) is 13.2 Å². The molecule has 2 aliphatic heterocycles. The molecule has 0 aromatic heterocycles. The molecule has 1 aliphatic carbocycles. The smallest absolute Gasteiger partial charge is 0.226 e. The summed E-state index contributed by atoms with van der Waals surface area (Å²) >= 11 is 0. The van der Waals surface area contributed by atoms with Crippen LogP contribution in [0.3, 0.4) is 0 Å². The van der Waals surface area contributed by atoms with Gasteiger partial charge in [-0.25, -0.2) is 0 Å². The Balaban J connectivity index is 1.40. The molecule has 1 amide bonds. The van der Waals surface area contributed by atoms with Crippen LogP contribution < -0.4 is 0 Å². The molecule has 1 spiro atoms. The first kappa shape index (κ1) is 15.9. The van der Waals surface area contributed by atoms with E-state index >= 15 is 0 Å². The fourth-order valence-electron chi connectivity index (χ4n) is 4.21. The molecule has 1 aromatic carbocycles. The van der Waals surface area contributed by atoms with Crippen LogP contribution in [0.5, 0.6) is 0 Å². The van der Waals surface area contributed by atoms with E-state index in [9.17, 15) is 4.79 Å². The quantitative estimate of drug-likeness (QED) is 0.837. The second-order valence-corrected chi connectivity index (χ2v) is 7.03. The molecule has 1 unspecified atom stereocenters. The normalized spacial score (nSPS) is 26.4. The number of ether oxygens (including phenoxy) is 2. The summed E-state index contributed by atoms with van der Waals surface area (Å²) in [6.45, 7) is 2.85. The van der Waals surface area contributed by atoms with Gasteiger partial charge in [0, 0.05) is 31.8 Å². The van der Waals surface area contributed by atoms with Gasteiger partial charge in [-0.05, 0) is 30.4 Å². The van der Waals surface area contributed by atoms with Crippen LogP contribution in [0.15, 0.2) is 36.4 Å². The van der Waals surface area contributed by atoms with E-state index in [4.69, 9.17) is 9.47 Å². The maximum absolute atomic E-state index is 12.9. The Labute approximate surface area is 143 Å². The Bertz CT molecular complexity index is 619. The van der Waals surface area contributed by atoms with Crippen LogP contribution >= 0.6 is 0 Å². The molecule has 1 saturated carbocycles. The van der Waals surface area contributed by atoms with Gasteiger partial charge in [-0.3, -0.25) is 4.79 Å². The van der Waals surface area contributed by atoms with E-state index in [1.54, 1.807) is 0 Å². The lowest BCUT2D eigenvalue weighted by molar-refractivity contribution is -0.191. The Hall–Kier alpha value is -1.65. The van der Waals surface area contributed by atoms with Crippen molar-refractivity contribution in [1.82, 2.24) is 4.90 Å². The van der Waals surface area contributed by atoms with Crippen LogP contribution in [0.2, 0.25) is 0 Å². The van der Waals surface area contributed by atoms with Crippen molar-refractivity contribution in [2.24, 2.45) is 5.92 Å². The lowest BCUT2D eigenvalue weighted by Crippen LogP contribution is -2.45. The number of carbonyl (C=O) groups excluding carboxylic acids is 1. The predicted molar refractivity (Wildman–Crippen MR) is 92.2 cm³/mol. The molecule has 1 saturated heterocycles. The fraction of sp³-hybridized carbons (Fsp3) is 0.550. The number of hydrogen-bond acceptors (Lipinski definition) is 3. The number of nitrogens with zero attached hydrogens (tertiary/aromatic N) is 1. The van der Waals surface area contributed by atoms with Crippen molar-refractivity contribution in [3.8, 4) is 0 Å². The molecule has 3 aliphatic rings. The van der Waals surface area contributed by atoms with Gasteiger partial charge in [-0.1, -0.05) is 36.4 Å². The summed E-state index contributed by atoms with van der Waals surface area (Å²) < 4.78 is 11.6. The zero-order chi connectivity index (χ0) is 16.4. The first-order valence-corrected chi connectivity index (χ1v) is 9.07. The van der Waals surface area contributed by atoms with E-state index in [0.717, 1.165) is 38.6 Å². The summed E-state index contributed by atoms with van der Waals surface area (Å²) in [4.78, 5) is 14.9. The minimum Gasteiger partial charge on any atom is -0.348 e. The van der Waals surface area contributed by atoms with Crippen LogP contribution in [-0.2, 0) is 14.3 Å². The molecule has 4 rings (SSSR count). The molecule has 1 aromatic rings. The number of benzene rings is 1. The van der Waals surface area contributed by atoms with Crippen molar-refractivity contribution < 1.29 is 14.3 Å². The van der Waals surface area contributed by atoms with Crippen LogP contribution in [0.4, 0.5) is 0 Å². The van der Waals surface area contributed by atoms with Crippen molar-refractivity contribution in [3.05, 3.63) is 42.0 Å². The minimum absolute atomic E-state index is 0.0449. The number of carbonyl (C=O) groups is 1. The van der Waals surface area contributed by atoms with Gasteiger partial charge < -0.3 is 14.4 Å². The van der Waals surface area contributed by atoms with Crippen molar-refractivity contribution in [1.29, 1.82) is 0 Å². The number of hydrogen-bond donors (Lipinski definition) is 0. The van der Waals surface area contributed by atoms with Crippen molar-refractivity contribution in [3.63, 3.8) is 0 Å². The lowest BCUT2D eigenvalue weighted by Gasteiger charge is -2.38. The van der Waals surface area contributed by atoms with E-state index in [1.165, 1.54) is 11.1 Å². The highest BCUT2D eigenvalue weighted by molar-refractivity contribution is 5.80. The summed E-state index contributed by atoms with van der Waals surface area (Å²) in [6.07, 6.45) is 6.75. The first-order chi connectivity index (χ1) is 11.8. The van der Waals surface area contributed by atoms with Gasteiger partial charge in [0.15, 0.2) is 5.79 Å². The largest absolute Gasteiger partial charge is 0.348 e. The number of amides is 1. The fourth-order valence-corrected chi connectivity index (χ4v) is 4.21. The van der Waals surface area contributed by atoms with E-state index in [0.29, 0.717) is 19.8 Å². The SMILES string of the molecule is O=C(C1CCCC2(C1)OCCO2)N1CC=C(c2ccccc2)CC1. The Morgan fingerprint density at radius 3 is 2.67 bits per heavy atom. The van der Waals surface area contributed by atoms with Gasteiger partial charge in [-0.2, -0.15) is 0 Å². The van der Waals surface area contributed by atoms with Crippen LogP contribution in [0, 0.1) is 5.92 Å². The summed E-state index contributed by atoms with van der Waals surface area (Å²) in [5.74, 6) is -0.153. The van der Waals surface area contributed by atoms with Gasteiger partial charge in [0.1, 0.15) is 0 Å². The van der Waals surface area contributed by atoms with Crippen LogP contribution in [0.25, 0.3) is 5.57 Å². The Kier molecular flexibility index (Phi) is 4.42. The van der Waals surface area contributed by atoms with E-state index in [1.807, 2.05) is 11.0 Å². The summed E-state index contributed by atoms with van der Waals surface area (Å²) in [7, 11) is 0. The zero-order valence-electron chi connectivity index (χ0n) is 14.1. The third-order valence-electron chi connectivity index (χ3n) is 5.50. The second-order valence-electron chi connectivity index (χ2n) is 7.03. The van der Waals surface area contributed by atoms with E-state index in [2.05, 4.69) is 30.3 Å². The molecule has 0 radical (unpaired) electrons. The highest BCUT2D eigenvalue weighted by Gasteiger charge is 2.44. The summed E-state index contributed by atoms with van der Waals surface area (Å²) in [5.41, 5.74) is 2.62. The lowest BCUT2D eigenvalue weighted by atomic mass is 9.83. The highest BCUT2D eigenvalue weighted by atomic mass is 16.7. The molecule has 2 heterocycles. The molecule has 0 bridgehead atoms. The van der Waals surface area contributed by atoms with Crippen molar-refractivity contribution in [2.75, 3.05) is 26.3 Å². The second kappa shape index (κ2) is 6.69. The molecule has 2 fully saturated rings. The molecular weight excluding hydrogens is 302 g/mol. The molecule has 1 atom stereocenters. The van der Waals surface area contributed by atoms with Gasteiger partial charge in [0.25, 0.3) is 0 Å². The maximum atomic E-state index is 12.9. The van der Waals surface area contributed by atoms with Crippen molar-refractivity contribution in [2.45, 2.75) is 37.9 Å². The minimum atomic E-state index is -0.473. The average molecular weight is 327 g/mol. The molecule has 4 heteroatoms. The molecule has 128 valence electrons.